The molecule has 0 heterocycles. The van der Waals surface area contributed by atoms with Crippen LogP contribution < -0.4 is 0 Å². The summed E-state index contributed by atoms with van der Waals surface area (Å²) >= 11 is 0. The zero-order chi connectivity index (χ0) is 11.1. The lowest BCUT2D eigenvalue weighted by Crippen LogP contribution is -2.23. The Labute approximate surface area is 83.8 Å². The molecule has 0 saturated heterocycles. The van der Waals surface area contributed by atoms with Crippen LogP contribution in [-0.4, -0.2) is 16.7 Å². The number of rotatable bonds is 2. The average Bonchev–Trinajstić information content (AvgIpc) is 2.20. The minimum Gasteiger partial charge on any atom is -0.504 e. The summed E-state index contributed by atoms with van der Waals surface area (Å²) < 4.78 is 0. The van der Waals surface area contributed by atoms with E-state index in [9.17, 15) is 14.7 Å². The molecule has 1 unspecified atom stereocenters. The number of aliphatic hydroxyl groups is 1. The van der Waals surface area contributed by atoms with Crippen LogP contribution in [0.5, 0.6) is 0 Å². The zero-order valence-electron chi connectivity index (χ0n) is 9.05. The fourth-order valence-electron chi connectivity index (χ4n) is 1.81. The third kappa shape index (κ3) is 1.47. The Kier molecular flexibility index (Phi) is 2.52. The summed E-state index contributed by atoms with van der Waals surface area (Å²) in [6, 6.07) is 0. The first kappa shape index (κ1) is 11.0. The Morgan fingerprint density at radius 3 is 2.29 bits per heavy atom. The normalized spacial score (nSPS) is 25.7. The van der Waals surface area contributed by atoms with Crippen LogP contribution in [0.25, 0.3) is 0 Å². The number of allylic oxidation sites excluding steroid dienone is 2. The van der Waals surface area contributed by atoms with Crippen molar-refractivity contribution in [3.63, 3.8) is 0 Å². The van der Waals surface area contributed by atoms with Gasteiger partial charge in [-0.15, -0.1) is 0 Å². The van der Waals surface area contributed by atoms with Crippen molar-refractivity contribution in [1.29, 1.82) is 0 Å². The number of carbonyl (C=O) groups is 2. The SMILES string of the molecule is CC(=O)CC1=C(O)C(=O)C(C)C1(C)C. The monoisotopic (exact) mass is 196 g/mol. The molecule has 1 aliphatic rings. The molecule has 0 spiro atoms. The van der Waals surface area contributed by atoms with Gasteiger partial charge in [-0.2, -0.15) is 0 Å². The molecule has 3 nitrogen and oxygen atoms in total. The number of hydrogen-bond acceptors (Lipinski definition) is 3. The second-order valence-corrected chi connectivity index (χ2v) is 4.51. The summed E-state index contributed by atoms with van der Waals surface area (Å²) in [5.74, 6) is -0.706. The standard InChI is InChI=1S/C11H16O3/c1-6(12)5-8-10(14)9(13)7(2)11(8,3)4/h7,14H,5H2,1-4H3. The zero-order valence-corrected chi connectivity index (χ0v) is 9.05. The van der Waals surface area contributed by atoms with Gasteiger partial charge in [0.05, 0.1) is 0 Å². The molecule has 14 heavy (non-hydrogen) atoms. The van der Waals surface area contributed by atoms with Gasteiger partial charge in [-0.3, -0.25) is 9.59 Å². The van der Waals surface area contributed by atoms with E-state index < -0.39 is 5.41 Å². The van der Waals surface area contributed by atoms with Crippen LogP contribution in [0, 0.1) is 11.3 Å². The van der Waals surface area contributed by atoms with Crippen LogP contribution in [0.1, 0.15) is 34.1 Å². The van der Waals surface area contributed by atoms with Gasteiger partial charge in [-0.1, -0.05) is 20.8 Å². The molecule has 78 valence electrons. The van der Waals surface area contributed by atoms with Crippen molar-refractivity contribution in [2.24, 2.45) is 11.3 Å². The van der Waals surface area contributed by atoms with Gasteiger partial charge in [-0.25, -0.2) is 0 Å². The predicted octanol–water partition coefficient (Wildman–Crippen LogP) is 2.02. The predicted molar refractivity (Wildman–Crippen MR) is 52.9 cm³/mol. The molecule has 0 bridgehead atoms. The maximum absolute atomic E-state index is 11.5. The Bertz CT molecular complexity index is 323. The molecule has 1 rings (SSSR count). The van der Waals surface area contributed by atoms with E-state index in [4.69, 9.17) is 0 Å². The molecular formula is C11H16O3. The van der Waals surface area contributed by atoms with E-state index in [2.05, 4.69) is 0 Å². The molecule has 0 radical (unpaired) electrons. The highest BCUT2D eigenvalue weighted by atomic mass is 16.3. The molecule has 1 aliphatic carbocycles. The number of Topliss-reactive ketones (excluding diaryl/α,β-unsaturated/α-hetero) is 2. The number of hydrogen-bond donors (Lipinski definition) is 1. The highest BCUT2D eigenvalue weighted by molar-refractivity contribution is 6.00. The Morgan fingerprint density at radius 2 is 2.00 bits per heavy atom. The number of ketones is 2. The first-order valence-corrected chi connectivity index (χ1v) is 4.74. The molecule has 0 aromatic heterocycles. The Balaban J connectivity index is 3.12. The first-order chi connectivity index (χ1) is 6.28. The summed E-state index contributed by atoms with van der Waals surface area (Å²) in [4.78, 5) is 22.5. The van der Waals surface area contributed by atoms with Gasteiger partial charge in [-0.05, 0) is 17.9 Å². The third-order valence-corrected chi connectivity index (χ3v) is 3.20. The topological polar surface area (TPSA) is 54.4 Å². The summed E-state index contributed by atoms with van der Waals surface area (Å²) in [6.45, 7) is 7.02. The fraction of sp³-hybridized carbons (Fsp3) is 0.636. The summed E-state index contributed by atoms with van der Waals surface area (Å²) in [7, 11) is 0. The van der Waals surface area contributed by atoms with Crippen molar-refractivity contribution < 1.29 is 14.7 Å². The van der Waals surface area contributed by atoms with Gasteiger partial charge in [0.15, 0.2) is 5.76 Å². The highest BCUT2D eigenvalue weighted by Gasteiger charge is 2.45. The maximum Gasteiger partial charge on any atom is 0.200 e. The lowest BCUT2D eigenvalue weighted by molar-refractivity contribution is -0.121. The van der Waals surface area contributed by atoms with Gasteiger partial charge in [0.25, 0.3) is 0 Å². The number of carbonyl (C=O) groups excluding carboxylic acids is 2. The fourth-order valence-corrected chi connectivity index (χ4v) is 1.81. The van der Waals surface area contributed by atoms with E-state index >= 15 is 0 Å². The lowest BCUT2D eigenvalue weighted by Gasteiger charge is -2.25. The molecule has 0 amide bonds. The van der Waals surface area contributed by atoms with Gasteiger partial charge in [0, 0.05) is 12.3 Å². The van der Waals surface area contributed by atoms with Crippen LogP contribution in [0.4, 0.5) is 0 Å². The quantitative estimate of drug-likeness (QED) is 0.735. The van der Waals surface area contributed by atoms with Crippen molar-refractivity contribution in [2.45, 2.75) is 34.1 Å². The number of aliphatic hydroxyl groups excluding tert-OH is 1. The van der Waals surface area contributed by atoms with Crippen LogP contribution in [0.15, 0.2) is 11.3 Å². The highest BCUT2D eigenvalue weighted by Crippen LogP contribution is 2.45. The molecule has 0 aromatic carbocycles. The van der Waals surface area contributed by atoms with E-state index in [1.165, 1.54) is 6.92 Å². The average molecular weight is 196 g/mol. The molecule has 1 atom stereocenters. The summed E-state index contributed by atoms with van der Waals surface area (Å²) in [6.07, 6.45) is 0.176. The molecule has 0 fully saturated rings. The van der Waals surface area contributed by atoms with E-state index in [0.717, 1.165) is 0 Å². The van der Waals surface area contributed by atoms with Crippen molar-refractivity contribution in [3.05, 3.63) is 11.3 Å². The molecule has 3 heteroatoms. The summed E-state index contributed by atoms with van der Waals surface area (Å²) in [5.41, 5.74) is 0.190. The molecule has 0 aliphatic heterocycles. The Hall–Kier alpha value is -1.12. The van der Waals surface area contributed by atoms with Crippen LogP contribution in [0.3, 0.4) is 0 Å². The second-order valence-electron chi connectivity index (χ2n) is 4.51. The van der Waals surface area contributed by atoms with Crippen molar-refractivity contribution in [3.8, 4) is 0 Å². The largest absolute Gasteiger partial charge is 0.504 e. The Morgan fingerprint density at radius 1 is 1.50 bits per heavy atom. The lowest BCUT2D eigenvalue weighted by atomic mass is 9.76. The molecular weight excluding hydrogens is 180 g/mol. The van der Waals surface area contributed by atoms with Gasteiger partial charge < -0.3 is 5.11 Å². The minimum atomic E-state index is -0.396. The molecule has 0 aromatic rings. The maximum atomic E-state index is 11.5. The van der Waals surface area contributed by atoms with Crippen molar-refractivity contribution >= 4 is 11.6 Å². The van der Waals surface area contributed by atoms with E-state index in [1.807, 2.05) is 13.8 Å². The van der Waals surface area contributed by atoms with E-state index in [0.29, 0.717) is 5.57 Å². The summed E-state index contributed by atoms with van der Waals surface area (Å²) in [5, 5.41) is 9.59. The van der Waals surface area contributed by atoms with Crippen LogP contribution in [-0.2, 0) is 9.59 Å². The van der Waals surface area contributed by atoms with Crippen molar-refractivity contribution in [1.82, 2.24) is 0 Å². The van der Waals surface area contributed by atoms with Crippen LogP contribution in [0.2, 0.25) is 0 Å². The van der Waals surface area contributed by atoms with E-state index in [1.54, 1.807) is 6.92 Å². The van der Waals surface area contributed by atoms with Gasteiger partial charge in [0.2, 0.25) is 5.78 Å². The second kappa shape index (κ2) is 3.23. The minimum absolute atomic E-state index is 0.0264. The smallest absolute Gasteiger partial charge is 0.200 e. The molecule has 1 N–H and O–H groups in total. The first-order valence-electron chi connectivity index (χ1n) is 4.74. The van der Waals surface area contributed by atoms with E-state index in [-0.39, 0.29) is 29.7 Å². The van der Waals surface area contributed by atoms with Gasteiger partial charge >= 0.3 is 0 Å². The van der Waals surface area contributed by atoms with Gasteiger partial charge in [0.1, 0.15) is 5.78 Å². The molecule has 0 saturated carbocycles. The van der Waals surface area contributed by atoms with Crippen LogP contribution >= 0.6 is 0 Å². The van der Waals surface area contributed by atoms with Crippen molar-refractivity contribution in [2.75, 3.05) is 0 Å². The third-order valence-electron chi connectivity index (χ3n) is 3.20.